The van der Waals surface area contributed by atoms with Gasteiger partial charge in [-0.05, 0) is 43.2 Å². The third-order valence-corrected chi connectivity index (χ3v) is 4.41. The highest BCUT2D eigenvalue weighted by atomic mass is 35.5. The normalized spacial score (nSPS) is 13.1. The fourth-order valence-electron chi connectivity index (χ4n) is 2.37. The molecule has 0 bridgehead atoms. The van der Waals surface area contributed by atoms with E-state index < -0.39 is 11.5 Å². The summed E-state index contributed by atoms with van der Waals surface area (Å²) in [5.41, 5.74) is 0.928. The van der Waals surface area contributed by atoms with Gasteiger partial charge in [-0.3, -0.25) is 4.98 Å². The highest BCUT2D eigenvalue weighted by Crippen LogP contribution is 2.25. The average molecular weight is 379 g/mol. The van der Waals surface area contributed by atoms with Gasteiger partial charge in [0.05, 0.1) is 21.1 Å². The molecule has 2 rings (SSSR count). The summed E-state index contributed by atoms with van der Waals surface area (Å²) in [6.07, 6.45) is 5.46. The molecule has 1 N–H and O–H groups in total. The second-order valence-corrected chi connectivity index (χ2v) is 6.79. The summed E-state index contributed by atoms with van der Waals surface area (Å²) in [6.45, 7) is 6.48. The van der Waals surface area contributed by atoms with E-state index in [1.807, 2.05) is 19.1 Å². The molecule has 6 heteroatoms. The van der Waals surface area contributed by atoms with E-state index in [1.165, 1.54) is 6.20 Å². The number of carbonyl (C=O) groups is 1. The zero-order valence-corrected chi connectivity index (χ0v) is 15.5. The lowest BCUT2D eigenvalue weighted by Gasteiger charge is -2.30. The first kappa shape index (κ1) is 19.4. The van der Waals surface area contributed by atoms with Crippen LogP contribution in [0.5, 0.6) is 0 Å². The van der Waals surface area contributed by atoms with Crippen LogP contribution in [0.25, 0.3) is 0 Å². The maximum atomic E-state index is 12.2. The predicted molar refractivity (Wildman–Crippen MR) is 101 cm³/mol. The Morgan fingerprint density at radius 2 is 2.16 bits per heavy atom. The summed E-state index contributed by atoms with van der Waals surface area (Å²) in [7, 11) is 0. The number of esters is 1. The van der Waals surface area contributed by atoms with Gasteiger partial charge in [0.25, 0.3) is 0 Å². The second-order valence-electron chi connectivity index (χ2n) is 5.97. The molecule has 4 nitrogen and oxygen atoms in total. The summed E-state index contributed by atoms with van der Waals surface area (Å²) in [5, 5.41) is 4.35. The Bertz CT molecular complexity index is 737. The first-order valence-corrected chi connectivity index (χ1v) is 8.56. The molecule has 1 aromatic heterocycles. The molecule has 0 unspecified atom stereocenters. The van der Waals surface area contributed by atoms with Crippen molar-refractivity contribution in [3.8, 4) is 0 Å². The molecule has 0 amide bonds. The van der Waals surface area contributed by atoms with Crippen LogP contribution in [-0.2, 0) is 11.2 Å². The third-order valence-electron chi connectivity index (χ3n) is 3.67. The van der Waals surface area contributed by atoms with Crippen molar-refractivity contribution in [3.05, 3.63) is 76.6 Å². The lowest BCUT2D eigenvalue weighted by molar-refractivity contribution is 0.0385. The lowest BCUT2D eigenvalue weighted by Crippen LogP contribution is -2.49. The van der Waals surface area contributed by atoms with Crippen LogP contribution in [0.4, 0.5) is 0 Å². The molecule has 0 spiro atoms. The van der Waals surface area contributed by atoms with E-state index in [0.29, 0.717) is 28.6 Å². The van der Waals surface area contributed by atoms with E-state index >= 15 is 0 Å². The standard InChI is InChI=1S/C19H20Cl2N2O2/c1-3-8-23-19(2,11-14-6-7-16(20)17(21)10-14)13-25-18(24)15-5-4-9-22-12-15/h3-7,9-10,12,23H,1,8,11,13H2,2H3/t19-/m1/s1. The van der Waals surface area contributed by atoms with E-state index in [4.69, 9.17) is 27.9 Å². The quantitative estimate of drug-likeness (QED) is 0.548. The molecule has 0 radical (unpaired) electrons. The van der Waals surface area contributed by atoms with Gasteiger partial charge in [0, 0.05) is 18.9 Å². The number of pyridine rings is 1. The third kappa shape index (κ3) is 5.85. The Kier molecular flexibility index (Phi) is 7.00. The molecular formula is C19H20Cl2N2O2. The van der Waals surface area contributed by atoms with Crippen LogP contribution in [0.2, 0.25) is 10.0 Å². The van der Waals surface area contributed by atoms with Crippen molar-refractivity contribution >= 4 is 29.2 Å². The second kappa shape index (κ2) is 8.99. The molecule has 0 aliphatic rings. The molecule has 1 atom stereocenters. The molecule has 0 saturated heterocycles. The van der Waals surface area contributed by atoms with Crippen molar-refractivity contribution in [2.75, 3.05) is 13.2 Å². The number of hydrogen-bond donors (Lipinski definition) is 1. The van der Waals surface area contributed by atoms with Crippen molar-refractivity contribution in [1.82, 2.24) is 10.3 Å². The number of rotatable bonds is 8. The number of halogens is 2. The molecule has 25 heavy (non-hydrogen) atoms. The van der Waals surface area contributed by atoms with Crippen molar-refractivity contribution in [2.45, 2.75) is 18.9 Å². The highest BCUT2D eigenvalue weighted by molar-refractivity contribution is 6.42. The first-order chi connectivity index (χ1) is 11.9. The number of hydrogen-bond acceptors (Lipinski definition) is 4. The minimum Gasteiger partial charge on any atom is -0.460 e. The molecule has 2 aromatic rings. The monoisotopic (exact) mass is 378 g/mol. The lowest BCUT2D eigenvalue weighted by atomic mass is 9.93. The molecule has 132 valence electrons. The number of nitrogens with one attached hydrogen (secondary N) is 1. The van der Waals surface area contributed by atoms with Crippen LogP contribution in [0.1, 0.15) is 22.8 Å². The Hall–Kier alpha value is -1.88. The van der Waals surface area contributed by atoms with Crippen LogP contribution in [0.15, 0.2) is 55.4 Å². The van der Waals surface area contributed by atoms with Gasteiger partial charge in [0.15, 0.2) is 0 Å². The fraction of sp³-hybridized carbons (Fsp3) is 0.263. The fourth-order valence-corrected chi connectivity index (χ4v) is 2.70. The summed E-state index contributed by atoms with van der Waals surface area (Å²) in [5.74, 6) is -0.408. The Balaban J connectivity index is 2.09. The van der Waals surface area contributed by atoms with Crippen LogP contribution in [-0.4, -0.2) is 29.6 Å². The summed E-state index contributed by atoms with van der Waals surface area (Å²) in [6, 6.07) is 8.85. The van der Waals surface area contributed by atoms with Crippen molar-refractivity contribution in [2.24, 2.45) is 0 Å². The van der Waals surface area contributed by atoms with Gasteiger partial charge in [-0.1, -0.05) is 35.3 Å². The van der Waals surface area contributed by atoms with Crippen LogP contribution in [0.3, 0.4) is 0 Å². The van der Waals surface area contributed by atoms with Crippen molar-refractivity contribution < 1.29 is 9.53 Å². The van der Waals surface area contributed by atoms with Gasteiger partial charge in [0.1, 0.15) is 6.61 Å². The largest absolute Gasteiger partial charge is 0.460 e. The molecule has 0 aliphatic heterocycles. The minimum atomic E-state index is -0.483. The summed E-state index contributed by atoms with van der Waals surface area (Å²) >= 11 is 12.1. The Morgan fingerprint density at radius 3 is 2.80 bits per heavy atom. The van der Waals surface area contributed by atoms with Gasteiger partial charge in [-0.2, -0.15) is 0 Å². The van der Waals surface area contributed by atoms with Gasteiger partial charge >= 0.3 is 5.97 Å². The topological polar surface area (TPSA) is 51.2 Å². The number of carbonyl (C=O) groups excluding carboxylic acids is 1. The molecule has 0 saturated carbocycles. The van der Waals surface area contributed by atoms with Crippen LogP contribution in [0, 0.1) is 0 Å². The van der Waals surface area contributed by atoms with Gasteiger partial charge < -0.3 is 10.1 Å². The van der Waals surface area contributed by atoms with Gasteiger partial charge in [-0.25, -0.2) is 4.79 Å². The van der Waals surface area contributed by atoms with E-state index in [2.05, 4.69) is 16.9 Å². The van der Waals surface area contributed by atoms with Gasteiger partial charge in [-0.15, -0.1) is 6.58 Å². The van der Waals surface area contributed by atoms with E-state index in [0.717, 1.165) is 5.56 Å². The molecule has 0 fully saturated rings. The highest BCUT2D eigenvalue weighted by Gasteiger charge is 2.26. The van der Waals surface area contributed by atoms with Crippen molar-refractivity contribution in [3.63, 3.8) is 0 Å². The van der Waals surface area contributed by atoms with Gasteiger partial charge in [0.2, 0.25) is 0 Å². The van der Waals surface area contributed by atoms with Crippen LogP contribution < -0.4 is 5.32 Å². The molecule has 1 aromatic carbocycles. The smallest absolute Gasteiger partial charge is 0.339 e. The van der Waals surface area contributed by atoms with E-state index in [9.17, 15) is 4.79 Å². The summed E-state index contributed by atoms with van der Waals surface area (Å²) < 4.78 is 5.48. The average Bonchev–Trinajstić information content (AvgIpc) is 2.62. The van der Waals surface area contributed by atoms with E-state index in [-0.39, 0.29) is 6.61 Å². The number of aromatic nitrogens is 1. The maximum absolute atomic E-state index is 12.2. The number of ether oxygens (including phenoxy) is 1. The number of benzene rings is 1. The zero-order chi connectivity index (χ0) is 18.3. The predicted octanol–water partition coefficient (Wildman–Crippen LogP) is 4.32. The first-order valence-electron chi connectivity index (χ1n) is 7.80. The molecular weight excluding hydrogens is 359 g/mol. The maximum Gasteiger partial charge on any atom is 0.339 e. The van der Waals surface area contributed by atoms with Crippen molar-refractivity contribution in [1.29, 1.82) is 0 Å². The van der Waals surface area contributed by atoms with Crippen LogP contribution >= 0.6 is 23.2 Å². The Labute approximate surface area is 157 Å². The SMILES string of the molecule is C=CCN[C@@](C)(COC(=O)c1cccnc1)Cc1ccc(Cl)c(Cl)c1. The Morgan fingerprint density at radius 1 is 1.36 bits per heavy atom. The minimum absolute atomic E-state index is 0.189. The molecule has 0 aliphatic carbocycles. The molecule has 1 heterocycles. The van der Waals surface area contributed by atoms with E-state index in [1.54, 1.807) is 30.5 Å². The number of nitrogens with zero attached hydrogens (tertiary/aromatic N) is 1. The summed E-state index contributed by atoms with van der Waals surface area (Å²) in [4.78, 5) is 16.1. The zero-order valence-electron chi connectivity index (χ0n) is 14.0.